The standard InChI is InChI=1S/C16H26N2S/c1-12(2)13-8-16(9-13,11-17)18(14-5-6-14)10-15-4-3-7-19-15/h3-4,7,12-14H,5-6,8-11,17H2,1-2H3. The molecular formula is C16H26N2S. The van der Waals surface area contributed by atoms with E-state index in [0.717, 1.165) is 31.0 Å². The fraction of sp³-hybridized carbons (Fsp3) is 0.750. The van der Waals surface area contributed by atoms with E-state index in [4.69, 9.17) is 5.73 Å². The molecule has 0 aromatic carbocycles. The highest BCUT2D eigenvalue weighted by Gasteiger charge is 2.51. The Labute approximate surface area is 121 Å². The van der Waals surface area contributed by atoms with Gasteiger partial charge in [0, 0.05) is 29.5 Å². The molecule has 0 bridgehead atoms. The monoisotopic (exact) mass is 278 g/mol. The molecule has 2 fully saturated rings. The van der Waals surface area contributed by atoms with Crippen molar-refractivity contribution < 1.29 is 0 Å². The maximum Gasteiger partial charge on any atom is 0.0344 e. The average molecular weight is 278 g/mol. The molecule has 1 aromatic heterocycles. The Kier molecular flexibility index (Phi) is 3.71. The van der Waals surface area contributed by atoms with Crippen LogP contribution in [0.25, 0.3) is 0 Å². The number of nitrogens with zero attached hydrogens (tertiary/aromatic N) is 1. The summed E-state index contributed by atoms with van der Waals surface area (Å²) in [6, 6.07) is 5.24. The van der Waals surface area contributed by atoms with Gasteiger partial charge in [-0.15, -0.1) is 11.3 Å². The SMILES string of the molecule is CC(C)C1CC(CN)(N(Cc2cccs2)C2CC2)C1. The van der Waals surface area contributed by atoms with Gasteiger partial charge in [0.05, 0.1) is 0 Å². The Balaban J connectivity index is 1.72. The first-order valence-electron chi connectivity index (χ1n) is 7.64. The van der Waals surface area contributed by atoms with E-state index in [1.165, 1.54) is 30.6 Å². The Morgan fingerprint density at radius 1 is 1.42 bits per heavy atom. The summed E-state index contributed by atoms with van der Waals surface area (Å²) in [5, 5.41) is 2.19. The van der Waals surface area contributed by atoms with E-state index in [1.54, 1.807) is 0 Å². The van der Waals surface area contributed by atoms with Crippen LogP contribution in [0.5, 0.6) is 0 Å². The van der Waals surface area contributed by atoms with Crippen LogP contribution in [0.3, 0.4) is 0 Å². The second kappa shape index (κ2) is 5.19. The van der Waals surface area contributed by atoms with Crippen molar-refractivity contribution in [2.45, 2.75) is 57.7 Å². The van der Waals surface area contributed by atoms with Gasteiger partial charge in [-0.25, -0.2) is 0 Å². The first-order valence-corrected chi connectivity index (χ1v) is 8.52. The molecule has 1 heterocycles. The molecule has 2 N–H and O–H groups in total. The highest BCUT2D eigenvalue weighted by molar-refractivity contribution is 7.09. The van der Waals surface area contributed by atoms with Crippen LogP contribution >= 0.6 is 11.3 Å². The van der Waals surface area contributed by atoms with Crippen LogP contribution in [0.2, 0.25) is 0 Å². The van der Waals surface area contributed by atoms with Crippen molar-refractivity contribution in [1.29, 1.82) is 0 Å². The van der Waals surface area contributed by atoms with Gasteiger partial charge < -0.3 is 5.73 Å². The molecule has 2 saturated carbocycles. The van der Waals surface area contributed by atoms with Crippen LogP contribution in [0.15, 0.2) is 17.5 Å². The van der Waals surface area contributed by atoms with Crippen LogP contribution in [-0.4, -0.2) is 23.0 Å². The largest absolute Gasteiger partial charge is 0.329 e. The van der Waals surface area contributed by atoms with Crippen molar-refractivity contribution in [3.05, 3.63) is 22.4 Å². The average Bonchev–Trinajstić information content (AvgIpc) is 3.04. The predicted molar refractivity (Wildman–Crippen MR) is 82.2 cm³/mol. The molecule has 0 radical (unpaired) electrons. The van der Waals surface area contributed by atoms with Crippen molar-refractivity contribution in [2.24, 2.45) is 17.6 Å². The molecule has 1 aromatic rings. The van der Waals surface area contributed by atoms with Crippen LogP contribution in [-0.2, 0) is 6.54 Å². The Hall–Kier alpha value is -0.380. The van der Waals surface area contributed by atoms with Crippen LogP contribution in [0, 0.1) is 11.8 Å². The first-order chi connectivity index (χ1) is 9.14. The third-order valence-corrected chi connectivity index (χ3v) is 5.97. The van der Waals surface area contributed by atoms with Crippen LogP contribution in [0.1, 0.15) is 44.4 Å². The van der Waals surface area contributed by atoms with E-state index in [9.17, 15) is 0 Å². The van der Waals surface area contributed by atoms with E-state index in [-0.39, 0.29) is 0 Å². The minimum Gasteiger partial charge on any atom is -0.329 e. The van der Waals surface area contributed by atoms with Gasteiger partial charge in [0.2, 0.25) is 0 Å². The fourth-order valence-electron chi connectivity index (χ4n) is 3.55. The number of hydrogen-bond acceptors (Lipinski definition) is 3. The number of thiophene rings is 1. The third-order valence-electron chi connectivity index (χ3n) is 5.11. The van der Waals surface area contributed by atoms with Gasteiger partial charge in [0.1, 0.15) is 0 Å². The van der Waals surface area contributed by atoms with Gasteiger partial charge in [0.15, 0.2) is 0 Å². The van der Waals surface area contributed by atoms with Gasteiger partial charge in [-0.1, -0.05) is 19.9 Å². The molecule has 2 aliphatic rings. The summed E-state index contributed by atoms with van der Waals surface area (Å²) in [4.78, 5) is 4.24. The van der Waals surface area contributed by atoms with Gasteiger partial charge in [-0.05, 0) is 49.0 Å². The highest BCUT2D eigenvalue weighted by Crippen LogP contribution is 2.49. The molecule has 2 aliphatic carbocycles. The summed E-state index contributed by atoms with van der Waals surface area (Å²) >= 11 is 1.88. The maximum absolute atomic E-state index is 6.19. The third kappa shape index (κ3) is 2.61. The lowest BCUT2D eigenvalue weighted by Crippen LogP contribution is -2.62. The van der Waals surface area contributed by atoms with Gasteiger partial charge in [-0.2, -0.15) is 0 Å². The summed E-state index contributed by atoms with van der Waals surface area (Å²) in [5.41, 5.74) is 6.49. The van der Waals surface area contributed by atoms with E-state index in [0.29, 0.717) is 5.54 Å². The zero-order valence-electron chi connectivity index (χ0n) is 12.1. The van der Waals surface area contributed by atoms with Gasteiger partial charge in [0.25, 0.3) is 0 Å². The zero-order valence-corrected chi connectivity index (χ0v) is 13.0. The number of rotatable bonds is 6. The Morgan fingerprint density at radius 2 is 2.16 bits per heavy atom. The van der Waals surface area contributed by atoms with Crippen molar-refractivity contribution in [2.75, 3.05) is 6.54 Å². The summed E-state index contributed by atoms with van der Waals surface area (Å²) in [6.45, 7) is 6.65. The number of hydrogen-bond donors (Lipinski definition) is 1. The fourth-order valence-corrected chi connectivity index (χ4v) is 4.25. The van der Waals surface area contributed by atoms with E-state index in [2.05, 4.69) is 36.3 Å². The molecule has 0 aliphatic heterocycles. The molecule has 0 saturated heterocycles. The molecule has 0 amide bonds. The topological polar surface area (TPSA) is 29.3 Å². The summed E-state index contributed by atoms with van der Waals surface area (Å²) in [6.07, 6.45) is 5.37. The Bertz CT molecular complexity index is 402. The Morgan fingerprint density at radius 3 is 2.63 bits per heavy atom. The molecule has 3 rings (SSSR count). The van der Waals surface area contributed by atoms with Crippen molar-refractivity contribution in [1.82, 2.24) is 4.90 Å². The minimum absolute atomic E-state index is 0.306. The smallest absolute Gasteiger partial charge is 0.0344 e. The molecular weight excluding hydrogens is 252 g/mol. The minimum atomic E-state index is 0.306. The maximum atomic E-state index is 6.19. The zero-order chi connectivity index (χ0) is 13.5. The lowest BCUT2D eigenvalue weighted by atomic mass is 9.63. The van der Waals surface area contributed by atoms with Crippen molar-refractivity contribution in [3.63, 3.8) is 0 Å². The first kappa shape index (κ1) is 13.6. The van der Waals surface area contributed by atoms with Crippen molar-refractivity contribution >= 4 is 11.3 Å². The molecule has 19 heavy (non-hydrogen) atoms. The second-order valence-corrected chi connectivity index (χ2v) is 7.81. The van der Waals surface area contributed by atoms with Crippen LogP contribution in [0.4, 0.5) is 0 Å². The molecule has 2 nitrogen and oxygen atoms in total. The lowest BCUT2D eigenvalue weighted by molar-refractivity contribution is -0.0455. The molecule has 0 spiro atoms. The summed E-state index contributed by atoms with van der Waals surface area (Å²) in [7, 11) is 0. The van der Waals surface area contributed by atoms with Crippen LogP contribution < -0.4 is 5.73 Å². The predicted octanol–water partition coefficient (Wildman–Crippen LogP) is 3.48. The van der Waals surface area contributed by atoms with E-state index >= 15 is 0 Å². The lowest BCUT2D eigenvalue weighted by Gasteiger charge is -2.55. The molecule has 3 heteroatoms. The normalized spacial score (nSPS) is 30.9. The molecule has 106 valence electrons. The summed E-state index contributed by atoms with van der Waals surface area (Å²) < 4.78 is 0. The van der Waals surface area contributed by atoms with Crippen molar-refractivity contribution in [3.8, 4) is 0 Å². The summed E-state index contributed by atoms with van der Waals surface area (Å²) in [5.74, 6) is 1.69. The molecule has 0 atom stereocenters. The quantitative estimate of drug-likeness (QED) is 0.863. The van der Waals surface area contributed by atoms with Gasteiger partial charge in [-0.3, -0.25) is 4.90 Å². The second-order valence-electron chi connectivity index (χ2n) is 6.78. The van der Waals surface area contributed by atoms with Gasteiger partial charge >= 0.3 is 0 Å². The highest BCUT2D eigenvalue weighted by atomic mass is 32.1. The van der Waals surface area contributed by atoms with E-state index in [1.807, 2.05) is 11.3 Å². The number of nitrogens with two attached hydrogens (primary N) is 1. The van der Waals surface area contributed by atoms with E-state index < -0.39 is 0 Å². The molecule has 0 unspecified atom stereocenters.